The zero-order chi connectivity index (χ0) is 17.8. The van der Waals surface area contributed by atoms with Gasteiger partial charge >= 0.3 is 0 Å². The first-order chi connectivity index (χ1) is 12.1. The van der Waals surface area contributed by atoms with Crippen molar-refractivity contribution < 1.29 is 9.53 Å². The number of rotatable bonds is 5. The van der Waals surface area contributed by atoms with E-state index in [1.54, 1.807) is 6.20 Å². The largest absolute Gasteiger partial charge is 0.438 e. The molecular weight excluding hydrogens is 316 g/mol. The number of nitrogens with one attached hydrogen (secondary N) is 2. The highest BCUT2D eigenvalue weighted by Crippen LogP contribution is 2.29. The van der Waals surface area contributed by atoms with Crippen molar-refractivity contribution in [3.05, 3.63) is 70.7 Å². The highest BCUT2D eigenvalue weighted by Gasteiger charge is 2.13. The summed E-state index contributed by atoms with van der Waals surface area (Å²) in [6.45, 7) is 6.11. The standard InChI is InChI=1S/C19H20N4O2/c1-12-6-4-7-13(2)17(12)25-19-15(8-5-9-20-19)10-21-18(24)16-11-22-23-14(16)3/h4-9,11H,10H2,1-3H3,(H,21,24)(H,22,23). The number of carbonyl (C=O) groups excluding carboxylic acids is 1. The third-order valence-electron chi connectivity index (χ3n) is 3.97. The van der Waals surface area contributed by atoms with E-state index in [-0.39, 0.29) is 5.91 Å². The van der Waals surface area contributed by atoms with Crippen LogP contribution < -0.4 is 10.1 Å². The predicted octanol–water partition coefficient (Wildman–Crippen LogP) is 3.45. The molecule has 1 aromatic carbocycles. The van der Waals surface area contributed by atoms with E-state index in [4.69, 9.17) is 4.74 Å². The maximum Gasteiger partial charge on any atom is 0.255 e. The summed E-state index contributed by atoms with van der Waals surface area (Å²) in [4.78, 5) is 16.6. The second kappa shape index (κ2) is 7.17. The summed E-state index contributed by atoms with van der Waals surface area (Å²) in [7, 11) is 0. The van der Waals surface area contributed by atoms with Crippen molar-refractivity contribution in [1.29, 1.82) is 0 Å². The molecule has 0 aliphatic rings. The minimum Gasteiger partial charge on any atom is -0.438 e. The van der Waals surface area contributed by atoms with Gasteiger partial charge in [-0.25, -0.2) is 4.98 Å². The quantitative estimate of drug-likeness (QED) is 0.748. The average Bonchev–Trinajstić information content (AvgIpc) is 3.03. The minimum absolute atomic E-state index is 0.187. The van der Waals surface area contributed by atoms with Crippen LogP contribution in [-0.4, -0.2) is 21.1 Å². The SMILES string of the molecule is Cc1cccc(C)c1Oc1ncccc1CNC(=O)c1cn[nH]c1C. The Balaban J connectivity index is 1.77. The van der Waals surface area contributed by atoms with E-state index in [1.165, 1.54) is 6.20 Å². The lowest BCUT2D eigenvalue weighted by Gasteiger charge is -2.14. The average molecular weight is 336 g/mol. The number of aromatic nitrogens is 3. The van der Waals surface area contributed by atoms with Crippen LogP contribution in [0.3, 0.4) is 0 Å². The van der Waals surface area contributed by atoms with Crippen LogP contribution in [-0.2, 0) is 6.54 Å². The van der Waals surface area contributed by atoms with E-state index in [2.05, 4.69) is 20.5 Å². The Morgan fingerprint density at radius 3 is 2.60 bits per heavy atom. The van der Waals surface area contributed by atoms with E-state index in [0.717, 1.165) is 28.1 Å². The number of para-hydroxylation sites is 1. The van der Waals surface area contributed by atoms with Gasteiger partial charge in [-0.15, -0.1) is 0 Å². The van der Waals surface area contributed by atoms with Crippen LogP contribution in [0.25, 0.3) is 0 Å². The van der Waals surface area contributed by atoms with Gasteiger partial charge in [0, 0.05) is 24.0 Å². The molecule has 2 N–H and O–H groups in total. The lowest BCUT2D eigenvalue weighted by Crippen LogP contribution is -2.23. The molecule has 25 heavy (non-hydrogen) atoms. The van der Waals surface area contributed by atoms with E-state index in [9.17, 15) is 4.79 Å². The smallest absolute Gasteiger partial charge is 0.255 e. The number of amides is 1. The predicted molar refractivity (Wildman–Crippen MR) is 94.7 cm³/mol. The Morgan fingerprint density at radius 2 is 1.92 bits per heavy atom. The van der Waals surface area contributed by atoms with Gasteiger partial charge in [-0.3, -0.25) is 9.89 Å². The number of carbonyl (C=O) groups is 1. The maximum absolute atomic E-state index is 12.2. The second-order valence-corrected chi connectivity index (χ2v) is 5.88. The molecule has 0 bridgehead atoms. The molecule has 0 aliphatic carbocycles. The molecule has 3 aromatic rings. The fraction of sp³-hybridized carbons (Fsp3) is 0.211. The molecule has 0 radical (unpaired) electrons. The van der Waals surface area contributed by atoms with Crippen LogP contribution in [0.2, 0.25) is 0 Å². The summed E-state index contributed by atoms with van der Waals surface area (Å²) in [5, 5.41) is 9.50. The van der Waals surface area contributed by atoms with Crippen molar-refractivity contribution in [3.63, 3.8) is 0 Å². The summed E-state index contributed by atoms with van der Waals surface area (Å²) in [6.07, 6.45) is 3.19. The highest BCUT2D eigenvalue weighted by atomic mass is 16.5. The molecular formula is C19H20N4O2. The zero-order valence-electron chi connectivity index (χ0n) is 14.5. The van der Waals surface area contributed by atoms with Crippen LogP contribution in [0.1, 0.15) is 32.7 Å². The summed E-state index contributed by atoms with van der Waals surface area (Å²) in [5.74, 6) is 1.09. The van der Waals surface area contributed by atoms with Crippen molar-refractivity contribution in [2.45, 2.75) is 27.3 Å². The Morgan fingerprint density at radius 1 is 1.16 bits per heavy atom. The van der Waals surface area contributed by atoms with Crippen molar-refractivity contribution in [2.24, 2.45) is 0 Å². The molecule has 0 atom stereocenters. The van der Waals surface area contributed by atoms with Crippen molar-refractivity contribution >= 4 is 5.91 Å². The highest BCUT2D eigenvalue weighted by molar-refractivity contribution is 5.94. The van der Waals surface area contributed by atoms with Crippen LogP contribution in [0, 0.1) is 20.8 Å². The van der Waals surface area contributed by atoms with Crippen molar-refractivity contribution in [1.82, 2.24) is 20.5 Å². The molecule has 2 aromatic heterocycles. The number of benzene rings is 1. The van der Waals surface area contributed by atoms with Gasteiger partial charge in [0.25, 0.3) is 5.91 Å². The van der Waals surface area contributed by atoms with Crippen LogP contribution in [0.5, 0.6) is 11.6 Å². The zero-order valence-corrected chi connectivity index (χ0v) is 14.5. The van der Waals surface area contributed by atoms with Gasteiger partial charge < -0.3 is 10.1 Å². The van der Waals surface area contributed by atoms with E-state index < -0.39 is 0 Å². The number of nitrogens with zero attached hydrogens (tertiary/aromatic N) is 2. The van der Waals surface area contributed by atoms with E-state index in [0.29, 0.717) is 18.0 Å². The third kappa shape index (κ3) is 3.68. The van der Waals surface area contributed by atoms with Gasteiger partial charge in [0.05, 0.1) is 11.8 Å². The van der Waals surface area contributed by atoms with Gasteiger partial charge in [-0.05, 0) is 38.0 Å². The van der Waals surface area contributed by atoms with Crippen LogP contribution >= 0.6 is 0 Å². The molecule has 0 unspecified atom stereocenters. The van der Waals surface area contributed by atoms with Crippen LogP contribution in [0.4, 0.5) is 0 Å². The molecule has 6 nitrogen and oxygen atoms in total. The first-order valence-corrected chi connectivity index (χ1v) is 8.02. The molecule has 6 heteroatoms. The Kier molecular flexibility index (Phi) is 4.79. The summed E-state index contributed by atoms with van der Waals surface area (Å²) in [6, 6.07) is 9.69. The van der Waals surface area contributed by atoms with E-state index >= 15 is 0 Å². The summed E-state index contributed by atoms with van der Waals surface area (Å²) in [5.41, 5.74) is 4.14. The number of hydrogen-bond acceptors (Lipinski definition) is 4. The molecule has 0 aliphatic heterocycles. The van der Waals surface area contributed by atoms with Crippen molar-refractivity contribution in [2.75, 3.05) is 0 Å². The second-order valence-electron chi connectivity index (χ2n) is 5.88. The fourth-order valence-electron chi connectivity index (χ4n) is 2.56. The number of pyridine rings is 1. The molecule has 0 saturated heterocycles. The number of aromatic amines is 1. The third-order valence-corrected chi connectivity index (χ3v) is 3.97. The lowest BCUT2D eigenvalue weighted by molar-refractivity contribution is 0.0950. The molecule has 0 saturated carbocycles. The van der Waals surface area contributed by atoms with E-state index in [1.807, 2.05) is 51.1 Å². The number of aryl methyl sites for hydroxylation is 3. The minimum atomic E-state index is -0.187. The molecule has 1 amide bonds. The maximum atomic E-state index is 12.2. The number of hydrogen-bond donors (Lipinski definition) is 2. The summed E-state index contributed by atoms with van der Waals surface area (Å²) >= 11 is 0. The van der Waals surface area contributed by atoms with Gasteiger partial charge in [-0.1, -0.05) is 24.3 Å². The molecule has 0 spiro atoms. The summed E-state index contributed by atoms with van der Waals surface area (Å²) < 4.78 is 6.04. The van der Waals surface area contributed by atoms with Gasteiger partial charge in [0.15, 0.2) is 0 Å². The molecule has 0 fully saturated rings. The molecule has 128 valence electrons. The Labute approximate surface area is 146 Å². The monoisotopic (exact) mass is 336 g/mol. The topological polar surface area (TPSA) is 79.9 Å². The van der Waals surface area contributed by atoms with Gasteiger partial charge in [0.1, 0.15) is 5.75 Å². The molecule has 3 rings (SSSR count). The number of ether oxygens (including phenoxy) is 1. The number of H-pyrrole nitrogens is 1. The lowest BCUT2D eigenvalue weighted by atomic mass is 10.1. The fourth-order valence-corrected chi connectivity index (χ4v) is 2.56. The van der Waals surface area contributed by atoms with Crippen molar-refractivity contribution in [3.8, 4) is 11.6 Å². The first-order valence-electron chi connectivity index (χ1n) is 8.02. The molecule has 2 heterocycles. The van der Waals surface area contributed by atoms with Gasteiger partial charge in [-0.2, -0.15) is 5.10 Å². The Hall–Kier alpha value is -3.15. The van der Waals surface area contributed by atoms with Crippen LogP contribution in [0.15, 0.2) is 42.7 Å². The Bertz CT molecular complexity index is 882. The normalized spacial score (nSPS) is 10.5. The first kappa shape index (κ1) is 16.7. The van der Waals surface area contributed by atoms with Gasteiger partial charge in [0.2, 0.25) is 5.88 Å².